The van der Waals surface area contributed by atoms with Crippen LogP contribution in [0.5, 0.6) is 0 Å². The SMILES string of the molecule is CC(C)c1cccc2cc(CC(C)(C)c3cccc4ccc(F)c(F)c34)cc(C3CC3)c12. The van der Waals surface area contributed by atoms with Crippen LogP contribution in [0.2, 0.25) is 0 Å². The lowest BCUT2D eigenvalue weighted by molar-refractivity contribution is 0.504. The Morgan fingerprint density at radius 2 is 1.59 bits per heavy atom. The van der Waals surface area contributed by atoms with E-state index in [1.165, 1.54) is 46.4 Å². The molecule has 0 unspecified atom stereocenters. The predicted octanol–water partition coefficient (Wildman–Crippen LogP) is 8.79. The van der Waals surface area contributed by atoms with Gasteiger partial charge in [0.15, 0.2) is 11.6 Å². The van der Waals surface area contributed by atoms with Crippen LogP contribution in [-0.2, 0) is 11.8 Å². The molecular formula is C30H30F2. The summed E-state index contributed by atoms with van der Waals surface area (Å²) in [5.74, 6) is -0.412. The Labute approximate surface area is 189 Å². The number of rotatable bonds is 5. The molecule has 164 valence electrons. The fourth-order valence-electron chi connectivity index (χ4n) is 5.33. The second kappa shape index (κ2) is 7.69. The van der Waals surface area contributed by atoms with E-state index in [9.17, 15) is 8.78 Å². The molecule has 4 aromatic carbocycles. The molecule has 5 rings (SSSR count). The van der Waals surface area contributed by atoms with E-state index in [0.717, 1.165) is 17.4 Å². The number of fused-ring (bicyclic) bond motifs is 2. The smallest absolute Gasteiger partial charge is 0.166 e. The van der Waals surface area contributed by atoms with E-state index >= 15 is 0 Å². The van der Waals surface area contributed by atoms with Crippen molar-refractivity contribution in [3.8, 4) is 0 Å². The molecule has 1 saturated carbocycles. The van der Waals surface area contributed by atoms with Crippen molar-refractivity contribution in [2.24, 2.45) is 0 Å². The fraction of sp³-hybridized carbons (Fsp3) is 0.333. The molecule has 0 spiro atoms. The van der Waals surface area contributed by atoms with Crippen molar-refractivity contribution in [2.75, 3.05) is 0 Å². The number of hydrogen-bond donors (Lipinski definition) is 0. The zero-order valence-corrected chi connectivity index (χ0v) is 19.3. The van der Waals surface area contributed by atoms with Gasteiger partial charge in [-0.15, -0.1) is 0 Å². The highest BCUT2D eigenvalue weighted by molar-refractivity contribution is 5.91. The third kappa shape index (κ3) is 3.60. The topological polar surface area (TPSA) is 0 Å². The molecule has 0 bridgehead atoms. The summed E-state index contributed by atoms with van der Waals surface area (Å²) in [6.45, 7) is 8.79. The van der Waals surface area contributed by atoms with Crippen LogP contribution in [0.15, 0.2) is 60.7 Å². The van der Waals surface area contributed by atoms with E-state index in [1.807, 2.05) is 18.2 Å². The van der Waals surface area contributed by atoms with Gasteiger partial charge in [-0.2, -0.15) is 0 Å². The van der Waals surface area contributed by atoms with Crippen molar-refractivity contribution in [1.29, 1.82) is 0 Å². The van der Waals surface area contributed by atoms with Gasteiger partial charge in [-0.3, -0.25) is 0 Å². The van der Waals surface area contributed by atoms with Crippen LogP contribution in [0.1, 0.15) is 74.6 Å². The van der Waals surface area contributed by atoms with Gasteiger partial charge >= 0.3 is 0 Å². The fourth-order valence-corrected chi connectivity index (χ4v) is 5.33. The largest absolute Gasteiger partial charge is 0.204 e. The summed E-state index contributed by atoms with van der Waals surface area (Å²) in [4.78, 5) is 0. The Morgan fingerprint density at radius 3 is 2.31 bits per heavy atom. The normalized spacial score (nSPS) is 14.6. The van der Waals surface area contributed by atoms with E-state index in [2.05, 4.69) is 58.0 Å². The van der Waals surface area contributed by atoms with E-state index in [4.69, 9.17) is 0 Å². The van der Waals surface area contributed by atoms with Gasteiger partial charge in [0.25, 0.3) is 0 Å². The summed E-state index contributed by atoms with van der Waals surface area (Å²) < 4.78 is 29.0. The van der Waals surface area contributed by atoms with Crippen molar-refractivity contribution < 1.29 is 8.78 Å². The minimum absolute atomic E-state index is 0.349. The van der Waals surface area contributed by atoms with Crippen LogP contribution >= 0.6 is 0 Å². The second-order valence-corrected chi connectivity index (χ2v) is 10.4. The summed E-state index contributed by atoms with van der Waals surface area (Å²) in [6.07, 6.45) is 3.27. The Bertz CT molecular complexity index is 1330. The van der Waals surface area contributed by atoms with Crippen LogP contribution in [0, 0.1) is 11.6 Å². The first-order valence-electron chi connectivity index (χ1n) is 11.7. The molecule has 1 aliphatic carbocycles. The van der Waals surface area contributed by atoms with Crippen molar-refractivity contribution in [1.82, 2.24) is 0 Å². The minimum atomic E-state index is -0.788. The summed E-state index contributed by atoms with van der Waals surface area (Å²) in [6, 6.07) is 20.0. The molecule has 0 aromatic heterocycles. The zero-order valence-electron chi connectivity index (χ0n) is 19.3. The van der Waals surface area contributed by atoms with E-state index in [0.29, 0.717) is 17.2 Å². The number of hydrogen-bond acceptors (Lipinski definition) is 0. The third-order valence-corrected chi connectivity index (χ3v) is 7.05. The highest BCUT2D eigenvalue weighted by Gasteiger charge is 2.29. The zero-order chi connectivity index (χ0) is 22.6. The second-order valence-electron chi connectivity index (χ2n) is 10.4. The van der Waals surface area contributed by atoms with Gasteiger partial charge in [-0.25, -0.2) is 8.78 Å². The maximum absolute atomic E-state index is 14.9. The van der Waals surface area contributed by atoms with Crippen LogP contribution in [0.25, 0.3) is 21.5 Å². The summed E-state index contributed by atoms with van der Waals surface area (Å²) >= 11 is 0. The van der Waals surface area contributed by atoms with Gasteiger partial charge in [0.05, 0.1) is 0 Å². The third-order valence-electron chi connectivity index (χ3n) is 7.05. The Kier molecular flexibility index (Phi) is 5.08. The van der Waals surface area contributed by atoms with E-state index in [1.54, 1.807) is 6.07 Å². The molecule has 1 fully saturated rings. The molecule has 0 atom stereocenters. The maximum Gasteiger partial charge on any atom is 0.166 e. The Hall–Kier alpha value is -2.74. The van der Waals surface area contributed by atoms with Gasteiger partial charge in [-0.05, 0) is 81.0 Å². The molecule has 1 aliphatic rings. The average molecular weight is 429 g/mol. The molecule has 0 nitrogen and oxygen atoms in total. The Balaban J connectivity index is 1.64. The van der Waals surface area contributed by atoms with E-state index < -0.39 is 11.6 Å². The lowest BCUT2D eigenvalue weighted by atomic mass is 9.76. The first-order valence-corrected chi connectivity index (χ1v) is 11.7. The standard InChI is InChI=1S/C30H30F2/c1-18(2)23-9-5-8-22-15-19(16-24(27(22)23)20-11-12-20)17-30(3,4)25-10-6-7-21-13-14-26(31)29(32)28(21)25/h5-10,13-16,18,20H,11-12,17H2,1-4H3. The first-order chi connectivity index (χ1) is 15.3. The van der Waals surface area contributed by atoms with Gasteiger partial charge in [-0.1, -0.05) is 82.3 Å². The first kappa shape index (κ1) is 21.1. The molecule has 4 aromatic rings. The molecule has 32 heavy (non-hydrogen) atoms. The van der Waals surface area contributed by atoms with Crippen molar-refractivity contribution in [3.63, 3.8) is 0 Å². The minimum Gasteiger partial charge on any atom is -0.204 e. The number of benzene rings is 4. The molecule has 0 aliphatic heterocycles. The molecule has 0 heterocycles. The van der Waals surface area contributed by atoms with Crippen LogP contribution < -0.4 is 0 Å². The van der Waals surface area contributed by atoms with Crippen molar-refractivity contribution in [3.05, 3.63) is 94.6 Å². The molecule has 0 amide bonds. The van der Waals surface area contributed by atoms with Crippen LogP contribution in [-0.4, -0.2) is 0 Å². The lowest BCUT2D eigenvalue weighted by Gasteiger charge is -2.28. The van der Waals surface area contributed by atoms with Gasteiger partial charge in [0.1, 0.15) is 0 Å². The molecule has 0 saturated heterocycles. The van der Waals surface area contributed by atoms with Gasteiger partial charge < -0.3 is 0 Å². The molecule has 0 radical (unpaired) electrons. The highest BCUT2D eigenvalue weighted by Crippen LogP contribution is 2.46. The quantitative estimate of drug-likeness (QED) is 0.298. The molecule has 0 N–H and O–H groups in total. The predicted molar refractivity (Wildman–Crippen MR) is 131 cm³/mol. The molecular weight excluding hydrogens is 398 g/mol. The Morgan fingerprint density at radius 1 is 0.875 bits per heavy atom. The maximum atomic E-state index is 14.9. The number of halogens is 2. The summed E-state index contributed by atoms with van der Waals surface area (Å²) in [5.41, 5.74) is 4.66. The van der Waals surface area contributed by atoms with Gasteiger partial charge in [0, 0.05) is 5.39 Å². The monoisotopic (exact) mass is 428 g/mol. The van der Waals surface area contributed by atoms with Crippen LogP contribution in [0.3, 0.4) is 0 Å². The van der Waals surface area contributed by atoms with Crippen molar-refractivity contribution in [2.45, 2.75) is 64.2 Å². The van der Waals surface area contributed by atoms with E-state index in [-0.39, 0.29) is 5.41 Å². The summed E-state index contributed by atoms with van der Waals surface area (Å²) in [5, 5.41) is 3.86. The van der Waals surface area contributed by atoms with Crippen LogP contribution in [0.4, 0.5) is 8.78 Å². The highest BCUT2D eigenvalue weighted by atomic mass is 19.2. The average Bonchev–Trinajstić information content (AvgIpc) is 3.60. The molecule has 2 heteroatoms. The summed E-state index contributed by atoms with van der Waals surface area (Å²) in [7, 11) is 0. The lowest BCUT2D eigenvalue weighted by Crippen LogP contribution is -2.21. The van der Waals surface area contributed by atoms with Crippen molar-refractivity contribution >= 4 is 21.5 Å². The van der Waals surface area contributed by atoms with Gasteiger partial charge in [0.2, 0.25) is 0 Å².